The Balaban J connectivity index is 2.09. The summed E-state index contributed by atoms with van der Waals surface area (Å²) >= 11 is 6.16. The van der Waals surface area contributed by atoms with Crippen molar-refractivity contribution >= 4 is 23.1 Å². The number of pyridine rings is 1. The van der Waals surface area contributed by atoms with Crippen molar-refractivity contribution in [2.45, 2.75) is 6.54 Å². The third kappa shape index (κ3) is 3.80. The molecule has 0 saturated carbocycles. The van der Waals surface area contributed by atoms with Crippen LogP contribution in [-0.2, 0) is 6.54 Å². The first kappa shape index (κ1) is 15.0. The van der Waals surface area contributed by atoms with Crippen LogP contribution in [-0.4, -0.2) is 10.9 Å². The lowest BCUT2D eigenvalue weighted by atomic mass is 10.1. The van der Waals surface area contributed by atoms with Gasteiger partial charge in [-0.3, -0.25) is 9.78 Å². The molecule has 2 rings (SSSR count). The molecular formula is C17H15ClN2O. The number of rotatable bonds is 5. The first-order valence-corrected chi connectivity index (χ1v) is 6.78. The summed E-state index contributed by atoms with van der Waals surface area (Å²) in [6.45, 7) is 7.92. The summed E-state index contributed by atoms with van der Waals surface area (Å²) in [5.41, 5.74) is 2.97. The predicted molar refractivity (Wildman–Crippen MR) is 86.1 cm³/mol. The van der Waals surface area contributed by atoms with Crippen molar-refractivity contribution < 1.29 is 4.79 Å². The number of carbonyl (C=O) groups is 1. The van der Waals surface area contributed by atoms with Gasteiger partial charge in [0, 0.05) is 18.9 Å². The van der Waals surface area contributed by atoms with Crippen LogP contribution in [0.5, 0.6) is 0 Å². The molecule has 0 atom stereocenters. The van der Waals surface area contributed by atoms with E-state index in [0.29, 0.717) is 17.1 Å². The average Bonchev–Trinajstić information content (AvgIpc) is 2.52. The molecule has 106 valence electrons. The van der Waals surface area contributed by atoms with Gasteiger partial charge in [0.25, 0.3) is 5.91 Å². The van der Waals surface area contributed by atoms with Gasteiger partial charge in [-0.15, -0.1) is 0 Å². The quantitative estimate of drug-likeness (QED) is 0.852. The van der Waals surface area contributed by atoms with Gasteiger partial charge in [0.2, 0.25) is 0 Å². The largest absolute Gasteiger partial charge is 0.348 e. The fraction of sp³-hybridized carbons (Fsp3) is 0.0588. The summed E-state index contributed by atoms with van der Waals surface area (Å²) in [5.74, 6) is -0.223. The maximum atomic E-state index is 12.1. The van der Waals surface area contributed by atoms with Crippen molar-refractivity contribution in [2.75, 3.05) is 0 Å². The SMILES string of the molecule is C=CC(=C)c1ccc(C(=O)NCc2cccnc2)c(Cl)c1. The maximum Gasteiger partial charge on any atom is 0.253 e. The second kappa shape index (κ2) is 6.86. The monoisotopic (exact) mass is 298 g/mol. The van der Waals surface area contributed by atoms with Crippen LogP contribution in [0.1, 0.15) is 21.5 Å². The van der Waals surface area contributed by atoms with E-state index in [1.807, 2.05) is 12.1 Å². The maximum absolute atomic E-state index is 12.1. The predicted octanol–water partition coefficient (Wildman–Crippen LogP) is 3.86. The first-order valence-electron chi connectivity index (χ1n) is 6.40. The normalized spacial score (nSPS) is 9.95. The third-order valence-corrected chi connectivity index (χ3v) is 3.32. The first-order chi connectivity index (χ1) is 10.1. The second-order valence-corrected chi connectivity index (χ2v) is 4.88. The van der Waals surface area contributed by atoms with E-state index >= 15 is 0 Å². The average molecular weight is 299 g/mol. The molecule has 1 N–H and O–H groups in total. The van der Waals surface area contributed by atoms with Gasteiger partial charge in [-0.2, -0.15) is 0 Å². The molecule has 0 aliphatic carbocycles. The van der Waals surface area contributed by atoms with E-state index in [9.17, 15) is 4.79 Å². The third-order valence-electron chi connectivity index (χ3n) is 3.01. The van der Waals surface area contributed by atoms with E-state index in [-0.39, 0.29) is 5.91 Å². The molecule has 0 spiro atoms. The molecule has 0 radical (unpaired) electrons. The zero-order chi connectivity index (χ0) is 15.2. The summed E-state index contributed by atoms with van der Waals surface area (Å²) in [5, 5.41) is 3.20. The molecule has 0 aliphatic heterocycles. The molecule has 0 saturated heterocycles. The number of hydrogen-bond acceptors (Lipinski definition) is 2. The summed E-state index contributed by atoms with van der Waals surface area (Å²) in [6.07, 6.45) is 5.04. The van der Waals surface area contributed by atoms with Crippen LogP contribution in [0.3, 0.4) is 0 Å². The molecule has 4 heteroatoms. The number of amides is 1. The number of carbonyl (C=O) groups excluding carboxylic acids is 1. The van der Waals surface area contributed by atoms with Crippen molar-refractivity contribution in [3.63, 3.8) is 0 Å². The highest BCUT2D eigenvalue weighted by molar-refractivity contribution is 6.34. The van der Waals surface area contributed by atoms with Crippen molar-refractivity contribution in [1.29, 1.82) is 0 Å². The summed E-state index contributed by atoms with van der Waals surface area (Å²) in [7, 11) is 0. The lowest BCUT2D eigenvalue weighted by Crippen LogP contribution is -2.23. The molecule has 0 fully saturated rings. The van der Waals surface area contributed by atoms with Gasteiger partial charge in [-0.05, 0) is 34.9 Å². The van der Waals surface area contributed by atoms with Crippen molar-refractivity contribution in [2.24, 2.45) is 0 Å². The van der Waals surface area contributed by atoms with Gasteiger partial charge in [-0.25, -0.2) is 0 Å². The van der Waals surface area contributed by atoms with Crippen LogP contribution >= 0.6 is 11.6 Å². The van der Waals surface area contributed by atoms with Gasteiger partial charge in [0.05, 0.1) is 10.6 Å². The van der Waals surface area contributed by atoms with Crippen molar-refractivity contribution in [3.05, 3.63) is 83.7 Å². The number of hydrogen-bond donors (Lipinski definition) is 1. The lowest BCUT2D eigenvalue weighted by molar-refractivity contribution is 0.0951. The molecule has 3 nitrogen and oxygen atoms in total. The fourth-order valence-electron chi connectivity index (χ4n) is 1.80. The topological polar surface area (TPSA) is 42.0 Å². The lowest BCUT2D eigenvalue weighted by Gasteiger charge is -2.08. The Bertz CT molecular complexity index is 680. The van der Waals surface area contributed by atoms with Gasteiger partial charge in [-0.1, -0.05) is 43.0 Å². The van der Waals surface area contributed by atoms with Crippen molar-refractivity contribution in [3.8, 4) is 0 Å². The molecule has 0 aliphatic rings. The highest BCUT2D eigenvalue weighted by atomic mass is 35.5. The Morgan fingerprint density at radius 1 is 1.38 bits per heavy atom. The van der Waals surface area contributed by atoms with E-state index in [4.69, 9.17) is 11.6 Å². The second-order valence-electron chi connectivity index (χ2n) is 4.47. The van der Waals surface area contributed by atoms with E-state index in [0.717, 1.165) is 16.7 Å². The Kier molecular flexibility index (Phi) is 4.90. The van der Waals surface area contributed by atoms with Crippen LogP contribution < -0.4 is 5.32 Å². The van der Waals surface area contributed by atoms with E-state index in [1.54, 1.807) is 36.7 Å². The van der Waals surface area contributed by atoms with Crippen LogP contribution in [0.15, 0.2) is 62.0 Å². The highest BCUT2D eigenvalue weighted by Gasteiger charge is 2.11. The molecule has 1 amide bonds. The molecule has 1 aromatic carbocycles. The van der Waals surface area contributed by atoms with Crippen molar-refractivity contribution in [1.82, 2.24) is 10.3 Å². The standard InChI is InChI=1S/C17H15ClN2O/c1-3-12(2)14-6-7-15(16(18)9-14)17(21)20-11-13-5-4-8-19-10-13/h3-10H,1-2,11H2,(H,20,21). The van der Waals surface area contributed by atoms with Crippen LogP contribution in [0.4, 0.5) is 0 Å². The van der Waals surface area contributed by atoms with E-state index in [1.165, 1.54) is 0 Å². The van der Waals surface area contributed by atoms with E-state index < -0.39 is 0 Å². The molecule has 2 aromatic rings. The molecule has 1 aromatic heterocycles. The van der Waals surface area contributed by atoms with Gasteiger partial charge < -0.3 is 5.32 Å². The minimum Gasteiger partial charge on any atom is -0.348 e. The van der Waals surface area contributed by atoms with Crippen LogP contribution in [0, 0.1) is 0 Å². The minimum absolute atomic E-state index is 0.223. The summed E-state index contributed by atoms with van der Waals surface area (Å²) in [4.78, 5) is 16.1. The zero-order valence-corrected chi connectivity index (χ0v) is 12.2. The van der Waals surface area contributed by atoms with E-state index in [2.05, 4.69) is 23.5 Å². The highest BCUT2D eigenvalue weighted by Crippen LogP contribution is 2.22. The van der Waals surface area contributed by atoms with Crippen LogP contribution in [0.2, 0.25) is 5.02 Å². The Morgan fingerprint density at radius 3 is 2.81 bits per heavy atom. The molecule has 21 heavy (non-hydrogen) atoms. The molecular weight excluding hydrogens is 284 g/mol. The number of aromatic nitrogens is 1. The number of nitrogens with zero attached hydrogens (tertiary/aromatic N) is 1. The summed E-state index contributed by atoms with van der Waals surface area (Å²) in [6, 6.07) is 8.92. The molecule has 0 bridgehead atoms. The Labute approximate surface area is 129 Å². The van der Waals surface area contributed by atoms with Crippen LogP contribution in [0.25, 0.3) is 5.57 Å². The zero-order valence-electron chi connectivity index (χ0n) is 11.5. The smallest absolute Gasteiger partial charge is 0.253 e. The number of allylic oxidation sites excluding steroid dienone is 2. The summed E-state index contributed by atoms with van der Waals surface area (Å²) < 4.78 is 0. The van der Waals surface area contributed by atoms with Gasteiger partial charge in [0.15, 0.2) is 0 Å². The molecule has 1 heterocycles. The number of benzene rings is 1. The van der Waals surface area contributed by atoms with Gasteiger partial charge in [0.1, 0.15) is 0 Å². The fourth-order valence-corrected chi connectivity index (χ4v) is 2.06. The number of nitrogens with one attached hydrogen (secondary N) is 1. The molecule has 0 unspecified atom stereocenters. The number of halogens is 1. The Hall–Kier alpha value is -2.39. The van der Waals surface area contributed by atoms with Gasteiger partial charge >= 0.3 is 0 Å². The minimum atomic E-state index is -0.223. The Morgan fingerprint density at radius 2 is 2.19 bits per heavy atom.